The lowest BCUT2D eigenvalue weighted by Gasteiger charge is -2.38. The van der Waals surface area contributed by atoms with Gasteiger partial charge in [-0.15, -0.1) is 0 Å². The van der Waals surface area contributed by atoms with Gasteiger partial charge in [0.25, 0.3) is 0 Å². The molecule has 0 bridgehead atoms. The first-order valence-electron chi connectivity index (χ1n) is 9.28. The van der Waals surface area contributed by atoms with Gasteiger partial charge in [0, 0.05) is 30.7 Å². The average Bonchev–Trinajstić information content (AvgIpc) is 2.73. The van der Waals surface area contributed by atoms with E-state index < -0.39 is 0 Å². The molecule has 0 atom stereocenters. The Morgan fingerprint density at radius 3 is 2.48 bits per heavy atom. The molecule has 1 heterocycles. The van der Waals surface area contributed by atoms with E-state index in [2.05, 4.69) is 29.6 Å². The monoisotopic (exact) mass is 369 g/mol. The molecule has 1 saturated heterocycles. The molecule has 2 aromatic rings. The summed E-state index contributed by atoms with van der Waals surface area (Å²) in [5.41, 5.74) is 2.00. The smallest absolute Gasteiger partial charge is 0.224 e. The van der Waals surface area contributed by atoms with E-state index in [4.69, 9.17) is 14.2 Å². The van der Waals surface area contributed by atoms with Crippen molar-refractivity contribution >= 4 is 5.91 Å². The van der Waals surface area contributed by atoms with Gasteiger partial charge < -0.3 is 19.5 Å². The van der Waals surface area contributed by atoms with Crippen molar-refractivity contribution in [1.82, 2.24) is 5.32 Å². The van der Waals surface area contributed by atoms with Crippen LogP contribution in [0.4, 0.5) is 0 Å². The normalized spacial score (nSPS) is 15.8. The van der Waals surface area contributed by atoms with Crippen LogP contribution in [0.5, 0.6) is 11.5 Å². The molecule has 1 fully saturated rings. The zero-order valence-electron chi connectivity index (χ0n) is 16.0. The summed E-state index contributed by atoms with van der Waals surface area (Å²) in [7, 11) is 3.22. The van der Waals surface area contributed by atoms with E-state index in [0.29, 0.717) is 31.3 Å². The highest BCUT2D eigenvalue weighted by molar-refractivity contribution is 5.79. The summed E-state index contributed by atoms with van der Waals surface area (Å²) in [4.78, 5) is 12.7. The quantitative estimate of drug-likeness (QED) is 0.815. The first kappa shape index (κ1) is 19.2. The van der Waals surface area contributed by atoms with Gasteiger partial charge >= 0.3 is 0 Å². The number of carbonyl (C=O) groups is 1. The topological polar surface area (TPSA) is 56.8 Å². The van der Waals surface area contributed by atoms with Crippen LogP contribution in [0.15, 0.2) is 48.5 Å². The number of methoxy groups -OCH3 is 2. The lowest BCUT2D eigenvalue weighted by atomic mass is 9.74. The van der Waals surface area contributed by atoms with Crippen molar-refractivity contribution < 1.29 is 19.0 Å². The molecule has 0 aromatic heterocycles. The third-order valence-electron chi connectivity index (χ3n) is 5.30. The number of ether oxygens (including phenoxy) is 3. The van der Waals surface area contributed by atoms with Crippen LogP contribution < -0.4 is 14.8 Å². The fourth-order valence-corrected chi connectivity index (χ4v) is 3.64. The van der Waals surface area contributed by atoms with E-state index in [1.54, 1.807) is 14.2 Å². The van der Waals surface area contributed by atoms with Gasteiger partial charge in [0.05, 0.1) is 20.6 Å². The van der Waals surface area contributed by atoms with Crippen LogP contribution in [-0.2, 0) is 21.4 Å². The predicted molar refractivity (Wildman–Crippen MR) is 104 cm³/mol. The summed E-state index contributed by atoms with van der Waals surface area (Å²) in [6, 6.07) is 15.9. The van der Waals surface area contributed by atoms with Crippen molar-refractivity contribution in [3.63, 3.8) is 0 Å². The van der Waals surface area contributed by atoms with Crippen LogP contribution in [0.25, 0.3) is 0 Å². The van der Waals surface area contributed by atoms with Crippen molar-refractivity contribution in [2.24, 2.45) is 0 Å². The number of benzene rings is 2. The second kappa shape index (κ2) is 8.91. The van der Waals surface area contributed by atoms with Gasteiger partial charge in [0.1, 0.15) is 11.5 Å². The third-order valence-corrected chi connectivity index (χ3v) is 5.30. The molecule has 0 aliphatic carbocycles. The molecule has 0 unspecified atom stereocenters. The molecule has 5 nitrogen and oxygen atoms in total. The Balaban J connectivity index is 1.70. The molecule has 0 spiro atoms. The van der Waals surface area contributed by atoms with Crippen molar-refractivity contribution in [2.45, 2.75) is 24.7 Å². The van der Waals surface area contributed by atoms with Gasteiger partial charge in [-0.1, -0.05) is 30.3 Å². The molecule has 3 rings (SSSR count). The van der Waals surface area contributed by atoms with E-state index >= 15 is 0 Å². The Kier molecular flexibility index (Phi) is 6.35. The summed E-state index contributed by atoms with van der Waals surface area (Å²) in [6.45, 7) is 2.04. The third kappa shape index (κ3) is 4.61. The SMILES string of the molecule is COc1ccc(OC)c(CC(=O)NCC2(c3ccccc3)CCOCC2)c1. The second-order valence-electron chi connectivity index (χ2n) is 6.89. The maximum Gasteiger partial charge on any atom is 0.224 e. The number of amides is 1. The summed E-state index contributed by atoms with van der Waals surface area (Å²) < 4.78 is 16.2. The molecule has 1 N–H and O–H groups in total. The minimum Gasteiger partial charge on any atom is -0.497 e. The lowest BCUT2D eigenvalue weighted by molar-refractivity contribution is -0.121. The molecule has 5 heteroatoms. The van der Waals surface area contributed by atoms with Crippen LogP contribution in [-0.4, -0.2) is 39.9 Å². The molecule has 0 radical (unpaired) electrons. The van der Waals surface area contributed by atoms with E-state index in [1.807, 2.05) is 24.3 Å². The highest BCUT2D eigenvalue weighted by Gasteiger charge is 2.34. The fraction of sp³-hybridized carbons (Fsp3) is 0.409. The highest BCUT2D eigenvalue weighted by atomic mass is 16.5. The van der Waals surface area contributed by atoms with Crippen molar-refractivity contribution in [3.8, 4) is 11.5 Å². The summed E-state index contributed by atoms with van der Waals surface area (Å²) >= 11 is 0. The first-order valence-corrected chi connectivity index (χ1v) is 9.28. The standard InChI is InChI=1S/C22H27NO4/c1-25-19-8-9-20(26-2)17(14-19)15-21(24)23-16-22(10-12-27-13-11-22)18-6-4-3-5-7-18/h3-9,14H,10-13,15-16H2,1-2H3,(H,23,24). The Morgan fingerprint density at radius 2 is 1.81 bits per heavy atom. The van der Waals surface area contributed by atoms with Gasteiger partial charge in [0.2, 0.25) is 5.91 Å². The zero-order chi connectivity index (χ0) is 19.1. The number of hydrogen-bond donors (Lipinski definition) is 1. The predicted octanol–water partition coefficient (Wildman–Crippen LogP) is 3.11. The minimum absolute atomic E-state index is 0.0247. The van der Waals surface area contributed by atoms with E-state index in [9.17, 15) is 4.79 Å². The molecule has 1 amide bonds. The highest BCUT2D eigenvalue weighted by Crippen LogP contribution is 2.34. The minimum atomic E-state index is -0.0758. The van der Waals surface area contributed by atoms with E-state index in [0.717, 1.165) is 18.4 Å². The van der Waals surface area contributed by atoms with Gasteiger partial charge in [-0.25, -0.2) is 0 Å². The summed E-state index contributed by atoms with van der Waals surface area (Å²) in [5, 5.41) is 3.14. The Bertz CT molecular complexity index is 754. The number of rotatable bonds is 7. The van der Waals surface area contributed by atoms with Gasteiger partial charge in [-0.05, 0) is 36.6 Å². The first-order chi connectivity index (χ1) is 13.2. The Hall–Kier alpha value is -2.53. The summed E-state index contributed by atoms with van der Waals surface area (Å²) in [5.74, 6) is 1.38. The van der Waals surface area contributed by atoms with Crippen LogP contribution in [0.2, 0.25) is 0 Å². The van der Waals surface area contributed by atoms with Crippen LogP contribution in [0.1, 0.15) is 24.0 Å². The molecule has 27 heavy (non-hydrogen) atoms. The average molecular weight is 369 g/mol. The molecular weight excluding hydrogens is 342 g/mol. The van der Waals surface area contributed by atoms with Gasteiger partial charge in [-0.2, -0.15) is 0 Å². The zero-order valence-corrected chi connectivity index (χ0v) is 16.0. The maximum atomic E-state index is 12.7. The Labute approximate surface area is 160 Å². The van der Waals surface area contributed by atoms with Crippen molar-refractivity contribution in [1.29, 1.82) is 0 Å². The Morgan fingerprint density at radius 1 is 1.07 bits per heavy atom. The van der Waals surface area contributed by atoms with Crippen molar-refractivity contribution in [3.05, 3.63) is 59.7 Å². The fourth-order valence-electron chi connectivity index (χ4n) is 3.64. The van der Waals surface area contributed by atoms with Crippen LogP contribution >= 0.6 is 0 Å². The van der Waals surface area contributed by atoms with Gasteiger partial charge in [0.15, 0.2) is 0 Å². The van der Waals surface area contributed by atoms with E-state index in [1.165, 1.54) is 5.56 Å². The summed E-state index contributed by atoms with van der Waals surface area (Å²) in [6.07, 6.45) is 2.06. The molecule has 0 saturated carbocycles. The molecule has 2 aromatic carbocycles. The van der Waals surface area contributed by atoms with Gasteiger partial charge in [-0.3, -0.25) is 4.79 Å². The number of carbonyl (C=O) groups excluding carboxylic acids is 1. The second-order valence-corrected chi connectivity index (χ2v) is 6.89. The van der Waals surface area contributed by atoms with E-state index in [-0.39, 0.29) is 17.7 Å². The largest absolute Gasteiger partial charge is 0.497 e. The van der Waals surface area contributed by atoms with Crippen LogP contribution in [0, 0.1) is 0 Å². The van der Waals surface area contributed by atoms with Crippen molar-refractivity contribution in [2.75, 3.05) is 34.0 Å². The lowest BCUT2D eigenvalue weighted by Crippen LogP contribution is -2.45. The molecule has 1 aliphatic rings. The number of nitrogens with one attached hydrogen (secondary N) is 1. The van der Waals surface area contributed by atoms with Crippen LogP contribution in [0.3, 0.4) is 0 Å². The molecule has 144 valence electrons. The molecule has 1 aliphatic heterocycles. The maximum absolute atomic E-state index is 12.7. The number of hydrogen-bond acceptors (Lipinski definition) is 4. The molecular formula is C22H27NO4.